The van der Waals surface area contributed by atoms with E-state index in [9.17, 15) is 4.79 Å². The molecule has 2 aromatic rings. The van der Waals surface area contributed by atoms with Gasteiger partial charge in [-0.1, -0.05) is 37.5 Å². The number of fused-ring (bicyclic) bond motifs is 1. The summed E-state index contributed by atoms with van der Waals surface area (Å²) in [7, 11) is 0. The van der Waals surface area contributed by atoms with Crippen molar-refractivity contribution in [3.63, 3.8) is 0 Å². The van der Waals surface area contributed by atoms with E-state index >= 15 is 0 Å². The number of hydrogen-bond acceptors (Lipinski definition) is 2. The van der Waals surface area contributed by atoms with Gasteiger partial charge in [0.2, 0.25) is 0 Å². The summed E-state index contributed by atoms with van der Waals surface area (Å²) in [5, 5.41) is 8.07. The first kappa shape index (κ1) is 12.2. The number of rotatable bonds is 1. The summed E-state index contributed by atoms with van der Waals surface area (Å²) in [6.07, 6.45) is 5.96. The van der Waals surface area contributed by atoms with Gasteiger partial charge in [-0.3, -0.25) is 9.89 Å². The molecule has 19 heavy (non-hydrogen) atoms. The van der Waals surface area contributed by atoms with Crippen LogP contribution in [0.5, 0.6) is 0 Å². The van der Waals surface area contributed by atoms with E-state index in [0.717, 1.165) is 36.8 Å². The molecule has 2 heterocycles. The van der Waals surface area contributed by atoms with Crippen LogP contribution in [-0.4, -0.2) is 34.1 Å². The Morgan fingerprint density at radius 2 is 1.74 bits per heavy atom. The highest BCUT2D eigenvalue weighted by molar-refractivity contribution is 6.04. The van der Waals surface area contributed by atoms with E-state index in [1.54, 1.807) is 0 Å². The van der Waals surface area contributed by atoms with Crippen LogP contribution in [0.1, 0.15) is 42.6 Å². The van der Waals surface area contributed by atoms with Gasteiger partial charge in [-0.2, -0.15) is 5.10 Å². The molecular formula is C15H19N3O. The Morgan fingerprint density at radius 1 is 1.05 bits per heavy atom. The maximum atomic E-state index is 12.6. The fraction of sp³-hybridized carbons (Fsp3) is 0.467. The van der Waals surface area contributed by atoms with Crippen LogP contribution in [0.2, 0.25) is 0 Å². The third-order valence-corrected chi connectivity index (χ3v) is 3.82. The Kier molecular flexibility index (Phi) is 3.49. The first-order chi connectivity index (χ1) is 9.36. The highest BCUT2D eigenvalue weighted by atomic mass is 16.2. The van der Waals surface area contributed by atoms with Gasteiger partial charge in [0.1, 0.15) is 0 Å². The number of carbonyl (C=O) groups is 1. The average molecular weight is 257 g/mol. The van der Waals surface area contributed by atoms with Gasteiger partial charge >= 0.3 is 0 Å². The van der Waals surface area contributed by atoms with Crippen molar-refractivity contribution in [2.24, 2.45) is 0 Å². The minimum Gasteiger partial charge on any atom is -0.337 e. The Labute approximate surface area is 112 Å². The number of nitrogens with zero attached hydrogens (tertiary/aromatic N) is 2. The van der Waals surface area contributed by atoms with E-state index in [1.807, 2.05) is 29.2 Å². The van der Waals surface area contributed by atoms with Crippen LogP contribution in [0.3, 0.4) is 0 Å². The molecule has 100 valence electrons. The highest BCUT2D eigenvalue weighted by Gasteiger charge is 2.20. The third-order valence-electron chi connectivity index (χ3n) is 3.82. The van der Waals surface area contributed by atoms with E-state index in [2.05, 4.69) is 10.2 Å². The molecule has 4 heteroatoms. The van der Waals surface area contributed by atoms with Gasteiger partial charge in [0.05, 0.1) is 5.52 Å². The minimum atomic E-state index is 0.0688. The second-order valence-electron chi connectivity index (χ2n) is 5.18. The van der Waals surface area contributed by atoms with Gasteiger partial charge in [0, 0.05) is 18.5 Å². The quantitative estimate of drug-likeness (QED) is 0.853. The number of hydrogen-bond donors (Lipinski definition) is 1. The number of para-hydroxylation sites is 1. The van der Waals surface area contributed by atoms with Gasteiger partial charge < -0.3 is 4.90 Å². The summed E-state index contributed by atoms with van der Waals surface area (Å²) in [5.41, 5.74) is 1.49. The number of likely N-dealkylation sites (tertiary alicyclic amines) is 1. The molecule has 1 aromatic carbocycles. The van der Waals surface area contributed by atoms with E-state index in [-0.39, 0.29) is 5.91 Å². The van der Waals surface area contributed by atoms with Crippen molar-refractivity contribution in [3.05, 3.63) is 30.0 Å². The maximum Gasteiger partial charge on any atom is 0.274 e. The molecule has 0 spiro atoms. The van der Waals surface area contributed by atoms with E-state index in [0.29, 0.717) is 5.69 Å². The van der Waals surface area contributed by atoms with Crippen molar-refractivity contribution in [2.75, 3.05) is 13.1 Å². The van der Waals surface area contributed by atoms with Crippen LogP contribution in [0, 0.1) is 0 Å². The van der Waals surface area contributed by atoms with Crippen LogP contribution in [0.25, 0.3) is 10.9 Å². The molecule has 0 atom stereocenters. The molecule has 0 unspecified atom stereocenters. The maximum absolute atomic E-state index is 12.6. The lowest BCUT2D eigenvalue weighted by atomic mass is 10.1. The van der Waals surface area contributed by atoms with Gasteiger partial charge in [-0.25, -0.2) is 0 Å². The predicted molar refractivity (Wildman–Crippen MR) is 75.1 cm³/mol. The molecule has 1 aromatic heterocycles. The van der Waals surface area contributed by atoms with Crippen molar-refractivity contribution in [1.82, 2.24) is 15.1 Å². The summed E-state index contributed by atoms with van der Waals surface area (Å²) >= 11 is 0. The predicted octanol–water partition coefficient (Wildman–Crippen LogP) is 2.97. The molecular weight excluding hydrogens is 238 g/mol. The van der Waals surface area contributed by atoms with E-state index in [4.69, 9.17) is 0 Å². The van der Waals surface area contributed by atoms with Crippen LogP contribution < -0.4 is 0 Å². The van der Waals surface area contributed by atoms with Crippen LogP contribution >= 0.6 is 0 Å². The standard InChI is InChI=1S/C15H19N3O/c19-15(18-10-6-2-1-3-7-11-18)14-12-8-4-5-9-13(12)16-17-14/h4-5,8-9H,1-3,6-7,10-11H2,(H,16,17). The topological polar surface area (TPSA) is 49.0 Å². The van der Waals surface area contributed by atoms with Crippen molar-refractivity contribution in [3.8, 4) is 0 Å². The Morgan fingerprint density at radius 3 is 2.53 bits per heavy atom. The van der Waals surface area contributed by atoms with Crippen LogP contribution in [-0.2, 0) is 0 Å². The zero-order valence-electron chi connectivity index (χ0n) is 11.1. The molecule has 1 saturated heterocycles. The number of aromatic amines is 1. The Bertz CT molecular complexity index is 568. The molecule has 1 amide bonds. The summed E-state index contributed by atoms with van der Waals surface area (Å²) in [4.78, 5) is 14.5. The highest BCUT2D eigenvalue weighted by Crippen LogP contribution is 2.18. The molecule has 0 radical (unpaired) electrons. The van der Waals surface area contributed by atoms with Crippen LogP contribution in [0.15, 0.2) is 24.3 Å². The normalized spacial score (nSPS) is 17.2. The molecule has 0 aliphatic carbocycles. The fourth-order valence-electron chi connectivity index (χ4n) is 2.73. The smallest absolute Gasteiger partial charge is 0.274 e. The number of benzene rings is 1. The first-order valence-corrected chi connectivity index (χ1v) is 7.08. The number of H-pyrrole nitrogens is 1. The molecule has 1 N–H and O–H groups in total. The fourth-order valence-corrected chi connectivity index (χ4v) is 2.73. The van der Waals surface area contributed by atoms with Crippen molar-refractivity contribution < 1.29 is 4.79 Å². The van der Waals surface area contributed by atoms with Crippen molar-refractivity contribution >= 4 is 16.8 Å². The first-order valence-electron chi connectivity index (χ1n) is 7.08. The monoisotopic (exact) mass is 257 g/mol. The summed E-state index contributed by atoms with van der Waals surface area (Å²) < 4.78 is 0. The lowest BCUT2D eigenvalue weighted by Gasteiger charge is -2.24. The molecule has 1 aliphatic rings. The average Bonchev–Trinajstić information content (AvgIpc) is 2.81. The Hall–Kier alpha value is -1.84. The van der Waals surface area contributed by atoms with Gasteiger partial charge in [-0.05, 0) is 18.9 Å². The number of carbonyl (C=O) groups excluding carboxylic acids is 1. The zero-order chi connectivity index (χ0) is 13.1. The largest absolute Gasteiger partial charge is 0.337 e. The molecule has 1 aliphatic heterocycles. The second kappa shape index (κ2) is 5.43. The number of amides is 1. The molecule has 0 saturated carbocycles. The number of nitrogens with one attached hydrogen (secondary N) is 1. The van der Waals surface area contributed by atoms with Gasteiger partial charge in [0.25, 0.3) is 5.91 Å². The van der Waals surface area contributed by atoms with E-state index < -0.39 is 0 Å². The molecule has 0 bridgehead atoms. The van der Waals surface area contributed by atoms with Gasteiger partial charge in [-0.15, -0.1) is 0 Å². The molecule has 4 nitrogen and oxygen atoms in total. The van der Waals surface area contributed by atoms with Gasteiger partial charge in [0.15, 0.2) is 5.69 Å². The SMILES string of the molecule is O=C(c1n[nH]c2ccccc12)N1CCCCCCC1. The van der Waals surface area contributed by atoms with E-state index in [1.165, 1.54) is 19.3 Å². The summed E-state index contributed by atoms with van der Waals surface area (Å²) in [6, 6.07) is 7.80. The molecule has 1 fully saturated rings. The van der Waals surface area contributed by atoms with Crippen molar-refractivity contribution in [2.45, 2.75) is 32.1 Å². The lowest BCUT2D eigenvalue weighted by molar-refractivity contribution is 0.0738. The number of aromatic nitrogens is 2. The zero-order valence-corrected chi connectivity index (χ0v) is 11.1. The summed E-state index contributed by atoms with van der Waals surface area (Å²) in [5.74, 6) is 0.0688. The Balaban J connectivity index is 1.85. The minimum absolute atomic E-state index is 0.0688. The van der Waals surface area contributed by atoms with Crippen molar-refractivity contribution in [1.29, 1.82) is 0 Å². The summed E-state index contributed by atoms with van der Waals surface area (Å²) in [6.45, 7) is 1.72. The lowest BCUT2D eigenvalue weighted by Crippen LogP contribution is -2.34. The van der Waals surface area contributed by atoms with Crippen LogP contribution in [0.4, 0.5) is 0 Å². The second-order valence-corrected chi connectivity index (χ2v) is 5.18. The third kappa shape index (κ3) is 2.48. The molecule has 3 rings (SSSR count).